The number of carbonyl (C=O) groups excluding carboxylic acids is 1. The van der Waals surface area contributed by atoms with Crippen LogP contribution in [0.15, 0.2) is 47.4 Å². The molecule has 0 aliphatic carbocycles. The number of para-hydroxylation sites is 1. The highest BCUT2D eigenvalue weighted by Crippen LogP contribution is 2.25. The van der Waals surface area contributed by atoms with E-state index in [1.54, 1.807) is 17.0 Å². The normalized spacial score (nSPS) is 14.8. The van der Waals surface area contributed by atoms with Gasteiger partial charge in [-0.25, -0.2) is 8.42 Å². The molecule has 1 saturated heterocycles. The van der Waals surface area contributed by atoms with Crippen molar-refractivity contribution in [1.82, 2.24) is 4.90 Å². The van der Waals surface area contributed by atoms with Gasteiger partial charge >= 0.3 is 0 Å². The molecule has 6 nitrogen and oxygen atoms in total. The molecule has 1 aliphatic heterocycles. The van der Waals surface area contributed by atoms with E-state index in [0.717, 1.165) is 17.5 Å². The largest absolute Gasteiger partial charge is 0.378 e. The average molecular weight is 388 g/mol. The molecule has 0 unspecified atom stereocenters. The summed E-state index contributed by atoms with van der Waals surface area (Å²) in [5, 5.41) is 0. The molecule has 0 spiro atoms. The van der Waals surface area contributed by atoms with Crippen LogP contribution >= 0.6 is 0 Å². The molecule has 2 aromatic carbocycles. The van der Waals surface area contributed by atoms with Crippen LogP contribution in [-0.2, 0) is 21.2 Å². The summed E-state index contributed by atoms with van der Waals surface area (Å²) in [6.45, 7) is 6.01. The summed E-state index contributed by atoms with van der Waals surface area (Å²) in [7, 11) is -3.73. The number of hydrogen-bond donors (Lipinski definition) is 1. The fourth-order valence-electron chi connectivity index (χ4n) is 3.09. The van der Waals surface area contributed by atoms with E-state index in [4.69, 9.17) is 4.74 Å². The zero-order chi connectivity index (χ0) is 19.4. The minimum Gasteiger partial charge on any atom is -0.378 e. The Balaban J connectivity index is 1.81. The van der Waals surface area contributed by atoms with E-state index in [9.17, 15) is 13.2 Å². The molecule has 2 aromatic rings. The van der Waals surface area contributed by atoms with E-state index < -0.39 is 10.0 Å². The number of ether oxygens (including phenoxy) is 1. The van der Waals surface area contributed by atoms with Gasteiger partial charge in [-0.1, -0.05) is 25.1 Å². The summed E-state index contributed by atoms with van der Waals surface area (Å²) in [4.78, 5) is 14.3. The predicted molar refractivity (Wildman–Crippen MR) is 105 cm³/mol. The van der Waals surface area contributed by atoms with Crippen molar-refractivity contribution in [3.05, 3.63) is 59.2 Å². The molecular weight excluding hydrogens is 364 g/mol. The Hall–Kier alpha value is -2.38. The van der Waals surface area contributed by atoms with Crippen LogP contribution in [0.25, 0.3) is 0 Å². The van der Waals surface area contributed by atoms with Crippen LogP contribution in [0.5, 0.6) is 0 Å². The van der Waals surface area contributed by atoms with E-state index in [2.05, 4.69) is 4.72 Å². The lowest BCUT2D eigenvalue weighted by Crippen LogP contribution is -2.40. The smallest absolute Gasteiger partial charge is 0.261 e. The monoisotopic (exact) mass is 388 g/mol. The Bertz CT molecular complexity index is 917. The average Bonchev–Trinajstić information content (AvgIpc) is 2.69. The van der Waals surface area contributed by atoms with Crippen molar-refractivity contribution >= 4 is 21.6 Å². The fraction of sp³-hybridized carbons (Fsp3) is 0.350. The standard InChI is InChI=1S/C20H24N2O4S/c1-3-16-6-4-5-15(2)19(16)21-27(24,25)18-9-7-17(8-10-18)20(23)22-11-13-26-14-12-22/h4-10,21H,3,11-14H2,1-2H3. The second kappa shape index (κ2) is 8.10. The van der Waals surface area contributed by atoms with Crippen LogP contribution < -0.4 is 4.72 Å². The molecule has 0 saturated carbocycles. The minimum atomic E-state index is -3.73. The molecule has 0 radical (unpaired) electrons. The quantitative estimate of drug-likeness (QED) is 0.855. The van der Waals surface area contributed by atoms with Gasteiger partial charge in [0.05, 0.1) is 23.8 Å². The van der Waals surface area contributed by atoms with Gasteiger partial charge in [-0.05, 0) is 48.7 Å². The van der Waals surface area contributed by atoms with Gasteiger partial charge in [0.1, 0.15) is 0 Å². The first-order chi connectivity index (χ1) is 12.9. The fourth-order valence-corrected chi connectivity index (χ4v) is 4.26. The number of sulfonamides is 1. The third kappa shape index (κ3) is 4.31. The van der Waals surface area contributed by atoms with Crippen molar-refractivity contribution in [2.24, 2.45) is 0 Å². The lowest BCUT2D eigenvalue weighted by molar-refractivity contribution is 0.0303. The lowest BCUT2D eigenvalue weighted by atomic mass is 10.1. The van der Waals surface area contributed by atoms with E-state index >= 15 is 0 Å². The van der Waals surface area contributed by atoms with Gasteiger partial charge in [0.15, 0.2) is 0 Å². The number of nitrogens with one attached hydrogen (secondary N) is 1. The SMILES string of the molecule is CCc1cccc(C)c1NS(=O)(=O)c1ccc(C(=O)N2CCOCC2)cc1. The molecule has 7 heteroatoms. The van der Waals surface area contributed by atoms with Crippen LogP contribution in [0, 0.1) is 6.92 Å². The minimum absolute atomic E-state index is 0.109. The van der Waals surface area contributed by atoms with Gasteiger partial charge in [-0.15, -0.1) is 0 Å². The first-order valence-electron chi connectivity index (χ1n) is 9.01. The van der Waals surface area contributed by atoms with E-state index in [0.29, 0.717) is 37.6 Å². The molecule has 0 atom stereocenters. The van der Waals surface area contributed by atoms with Crippen molar-refractivity contribution in [3.63, 3.8) is 0 Å². The Morgan fingerprint density at radius 2 is 1.78 bits per heavy atom. The number of amides is 1. The molecule has 0 bridgehead atoms. The Morgan fingerprint density at radius 3 is 2.41 bits per heavy atom. The van der Waals surface area contributed by atoms with Gasteiger partial charge in [0.25, 0.3) is 15.9 Å². The number of anilines is 1. The molecule has 0 aromatic heterocycles. The van der Waals surface area contributed by atoms with Crippen LogP contribution in [0.3, 0.4) is 0 Å². The van der Waals surface area contributed by atoms with Crippen molar-refractivity contribution in [1.29, 1.82) is 0 Å². The molecule has 1 fully saturated rings. The highest BCUT2D eigenvalue weighted by molar-refractivity contribution is 7.92. The van der Waals surface area contributed by atoms with Crippen LogP contribution in [0.2, 0.25) is 0 Å². The first-order valence-corrected chi connectivity index (χ1v) is 10.5. The van der Waals surface area contributed by atoms with Crippen molar-refractivity contribution < 1.29 is 17.9 Å². The summed E-state index contributed by atoms with van der Waals surface area (Å²) in [6, 6.07) is 11.8. The van der Waals surface area contributed by atoms with Crippen molar-refractivity contribution in [2.45, 2.75) is 25.2 Å². The van der Waals surface area contributed by atoms with E-state index in [1.165, 1.54) is 12.1 Å². The maximum Gasteiger partial charge on any atom is 0.261 e. The molecule has 144 valence electrons. The van der Waals surface area contributed by atoms with E-state index in [-0.39, 0.29) is 10.8 Å². The third-order valence-corrected chi connectivity index (χ3v) is 6.05. The highest BCUT2D eigenvalue weighted by Gasteiger charge is 2.21. The Labute approximate surface area is 160 Å². The zero-order valence-electron chi connectivity index (χ0n) is 15.6. The molecule has 1 amide bonds. The maximum absolute atomic E-state index is 12.8. The lowest BCUT2D eigenvalue weighted by Gasteiger charge is -2.26. The first kappa shape index (κ1) is 19.4. The van der Waals surface area contributed by atoms with Crippen LogP contribution in [0.4, 0.5) is 5.69 Å². The second-order valence-corrected chi connectivity index (χ2v) is 8.18. The van der Waals surface area contributed by atoms with Crippen LogP contribution in [0.1, 0.15) is 28.4 Å². The number of morpholine rings is 1. The summed E-state index contributed by atoms with van der Waals surface area (Å²) in [5.74, 6) is -0.109. The van der Waals surface area contributed by atoms with Gasteiger partial charge in [-0.3, -0.25) is 9.52 Å². The Kier molecular flexibility index (Phi) is 5.82. The van der Waals surface area contributed by atoms with Gasteiger partial charge in [-0.2, -0.15) is 0 Å². The molecule has 1 heterocycles. The van der Waals surface area contributed by atoms with Crippen molar-refractivity contribution in [3.8, 4) is 0 Å². The number of aryl methyl sites for hydroxylation is 2. The molecule has 3 rings (SSSR count). The molecular formula is C20H24N2O4S. The van der Waals surface area contributed by atoms with Gasteiger partial charge < -0.3 is 9.64 Å². The molecule has 27 heavy (non-hydrogen) atoms. The Morgan fingerprint density at radius 1 is 1.11 bits per heavy atom. The van der Waals surface area contributed by atoms with Crippen LogP contribution in [-0.4, -0.2) is 45.5 Å². The number of hydrogen-bond acceptors (Lipinski definition) is 4. The van der Waals surface area contributed by atoms with E-state index in [1.807, 2.05) is 32.0 Å². The number of nitrogens with zero attached hydrogens (tertiary/aromatic N) is 1. The molecule has 1 N–H and O–H groups in total. The topological polar surface area (TPSA) is 75.7 Å². The third-order valence-electron chi connectivity index (χ3n) is 4.69. The summed E-state index contributed by atoms with van der Waals surface area (Å²) in [5.41, 5.74) is 2.91. The number of carbonyl (C=O) groups is 1. The predicted octanol–water partition coefficient (Wildman–Crippen LogP) is 2.83. The second-order valence-electron chi connectivity index (χ2n) is 6.50. The highest BCUT2D eigenvalue weighted by atomic mass is 32.2. The molecule has 1 aliphatic rings. The van der Waals surface area contributed by atoms with Gasteiger partial charge in [0.2, 0.25) is 0 Å². The zero-order valence-corrected chi connectivity index (χ0v) is 16.4. The summed E-state index contributed by atoms with van der Waals surface area (Å²) >= 11 is 0. The summed E-state index contributed by atoms with van der Waals surface area (Å²) < 4.78 is 33.5. The number of benzene rings is 2. The number of rotatable bonds is 5. The van der Waals surface area contributed by atoms with Crippen molar-refractivity contribution in [2.75, 3.05) is 31.0 Å². The van der Waals surface area contributed by atoms with Gasteiger partial charge in [0, 0.05) is 18.7 Å². The maximum atomic E-state index is 12.8. The summed E-state index contributed by atoms with van der Waals surface area (Å²) in [6.07, 6.45) is 0.729.